The second-order valence-electron chi connectivity index (χ2n) is 3.68. The first-order chi connectivity index (χ1) is 9.47. The lowest BCUT2D eigenvalue weighted by molar-refractivity contribution is 0.492. The number of halogens is 1. The highest BCUT2D eigenvalue weighted by atomic mass is 19.1. The van der Waals surface area contributed by atoms with E-state index in [0.717, 1.165) is 4.79 Å². The van der Waals surface area contributed by atoms with Crippen molar-refractivity contribution in [1.82, 2.24) is 34.7 Å². The molecule has 0 aliphatic rings. The highest BCUT2D eigenvalue weighted by Crippen LogP contribution is 2.03. The van der Waals surface area contributed by atoms with Gasteiger partial charge in [0.25, 0.3) is 11.1 Å². The number of hydrogen-bond acceptors (Lipinski definition) is 7. The minimum absolute atomic E-state index is 0.167. The predicted octanol–water partition coefficient (Wildman–Crippen LogP) is -2.60. The molecule has 0 amide bonds. The molecule has 0 fully saturated rings. The van der Waals surface area contributed by atoms with Crippen molar-refractivity contribution in [1.29, 1.82) is 0 Å². The van der Waals surface area contributed by atoms with Gasteiger partial charge in [0, 0.05) is 0 Å². The van der Waals surface area contributed by atoms with Crippen LogP contribution in [0.15, 0.2) is 20.6 Å². The third kappa shape index (κ3) is 1.58. The van der Waals surface area contributed by atoms with Gasteiger partial charge in [-0.3, -0.25) is 19.6 Å². The molecule has 3 aromatic heterocycles. The molecule has 0 bridgehead atoms. The Labute approximate surface area is 106 Å². The van der Waals surface area contributed by atoms with Crippen molar-refractivity contribution in [2.75, 3.05) is 5.73 Å². The minimum Gasteiger partial charge on any atom is -0.369 e. The molecule has 0 atom stereocenters. The molecule has 0 aliphatic carbocycles. The maximum absolute atomic E-state index is 13.2. The molecule has 3 rings (SSSR count). The van der Waals surface area contributed by atoms with Crippen molar-refractivity contribution in [2.24, 2.45) is 0 Å². The zero-order valence-corrected chi connectivity index (χ0v) is 9.49. The van der Waals surface area contributed by atoms with Gasteiger partial charge in [0.15, 0.2) is 5.52 Å². The van der Waals surface area contributed by atoms with Crippen molar-refractivity contribution < 1.29 is 4.39 Å². The summed E-state index contributed by atoms with van der Waals surface area (Å²) in [5.41, 5.74) is 2.17. The van der Waals surface area contributed by atoms with Gasteiger partial charge < -0.3 is 5.73 Å². The van der Waals surface area contributed by atoms with Crippen LogP contribution in [0.4, 0.5) is 10.3 Å². The van der Waals surface area contributed by atoms with Crippen molar-refractivity contribution in [3.8, 4) is 0 Å². The molecule has 0 radical (unpaired) electrons. The Morgan fingerprint density at radius 1 is 1.20 bits per heavy atom. The maximum Gasteiger partial charge on any atom is 0.349 e. The van der Waals surface area contributed by atoms with Crippen LogP contribution in [0.5, 0.6) is 0 Å². The summed E-state index contributed by atoms with van der Waals surface area (Å²) in [7, 11) is 0. The van der Waals surface area contributed by atoms with E-state index in [9.17, 15) is 18.8 Å². The molecule has 12 heteroatoms. The molecule has 4 N–H and O–H groups in total. The van der Waals surface area contributed by atoms with Gasteiger partial charge in [0.05, 0.1) is 6.20 Å². The molecule has 0 saturated carbocycles. The van der Waals surface area contributed by atoms with Crippen molar-refractivity contribution in [3.05, 3.63) is 43.2 Å². The number of fused-ring (bicyclic) bond motifs is 1. The lowest BCUT2D eigenvalue weighted by atomic mass is 10.5. The first-order valence-corrected chi connectivity index (χ1v) is 5.10. The SMILES string of the molecule is Nc1nc2c(nnn2-n2cc(F)c(=O)[nH]c2=O)c(=O)[nH]1. The monoisotopic (exact) mass is 280 g/mol. The number of aromatic amines is 2. The summed E-state index contributed by atoms with van der Waals surface area (Å²) < 4.78 is 13.8. The van der Waals surface area contributed by atoms with Gasteiger partial charge in [-0.25, -0.2) is 4.79 Å². The van der Waals surface area contributed by atoms with Gasteiger partial charge in [-0.1, -0.05) is 0 Å². The number of nitrogen functional groups attached to an aromatic ring is 1. The van der Waals surface area contributed by atoms with Gasteiger partial charge in [-0.05, 0) is 5.21 Å². The van der Waals surface area contributed by atoms with Gasteiger partial charge in [0.1, 0.15) is 0 Å². The third-order valence-corrected chi connectivity index (χ3v) is 2.40. The molecule has 11 nitrogen and oxygen atoms in total. The lowest BCUT2D eigenvalue weighted by Gasteiger charge is -2.03. The number of aromatic nitrogens is 7. The predicted molar refractivity (Wildman–Crippen MR) is 62.4 cm³/mol. The summed E-state index contributed by atoms with van der Waals surface area (Å²) in [6.07, 6.45) is 0.592. The molecule has 0 saturated heterocycles. The van der Waals surface area contributed by atoms with Crippen LogP contribution < -0.4 is 22.5 Å². The van der Waals surface area contributed by atoms with E-state index in [1.165, 1.54) is 0 Å². The Kier molecular flexibility index (Phi) is 2.26. The molecule has 3 heterocycles. The van der Waals surface area contributed by atoms with Gasteiger partial charge in [-0.15, -0.1) is 9.89 Å². The third-order valence-electron chi connectivity index (χ3n) is 2.40. The molecule has 0 spiro atoms. The van der Waals surface area contributed by atoms with Gasteiger partial charge in [0.2, 0.25) is 17.4 Å². The fraction of sp³-hybridized carbons (Fsp3) is 0. The maximum atomic E-state index is 13.2. The number of H-pyrrole nitrogens is 2. The molecular formula is C8H5FN8O3. The quantitative estimate of drug-likeness (QED) is 0.440. The molecule has 0 unspecified atom stereocenters. The average Bonchev–Trinajstić information content (AvgIpc) is 2.77. The Morgan fingerprint density at radius 3 is 2.70 bits per heavy atom. The van der Waals surface area contributed by atoms with E-state index in [4.69, 9.17) is 5.73 Å². The number of anilines is 1. The summed E-state index contributed by atoms with van der Waals surface area (Å²) in [6.45, 7) is 0. The van der Waals surface area contributed by atoms with Crippen LogP contribution in [0.3, 0.4) is 0 Å². The molecule has 20 heavy (non-hydrogen) atoms. The zero-order chi connectivity index (χ0) is 14.4. The normalized spacial score (nSPS) is 11.1. The number of nitrogens with one attached hydrogen (secondary N) is 2. The molecule has 0 aliphatic heterocycles. The lowest BCUT2D eigenvalue weighted by Crippen LogP contribution is -2.35. The largest absolute Gasteiger partial charge is 0.369 e. The number of hydrogen-bond donors (Lipinski definition) is 3. The van der Waals surface area contributed by atoms with Crippen LogP contribution in [-0.4, -0.2) is 34.7 Å². The average molecular weight is 280 g/mol. The van der Waals surface area contributed by atoms with E-state index < -0.39 is 22.6 Å². The fourth-order valence-electron chi connectivity index (χ4n) is 1.56. The Morgan fingerprint density at radius 2 is 1.95 bits per heavy atom. The summed E-state index contributed by atoms with van der Waals surface area (Å²) in [5, 5.41) is 7.01. The Bertz CT molecular complexity index is 995. The summed E-state index contributed by atoms with van der Waals surface area (Å²) >= 11 is 0. The van der Waals surface area contributed by atoms with Gasteiger partial charge in [-0.2, -0.15) is 14.1 Å². The number of nitrogens with two attached hydrogens (primary N) is 1. The second-order valence-corrected chi connectivity index (χ2v) is 3.68. The van der Waals surface area contributed by atoms with Crippen LogP contribution in [0.25, 0.3) is 11.2 Å². The second kappa shape index (κ2) is 3.84. The van der Waals surface area contributed by atoms with E-state index in [0.29, 0.717) is 10.9 Å². The standard InChI is InChI=1S/C8H5FN8O3/c9-2-1-16(8(20)13-5(2)18)17-4-3(14-15-17)6(19)12-7(10)11-4/h1H,(H,13,18,20)(H3,10,11,12,19). The number of rotatable bonds is 1. The minimum atomic E-state index is -1.22. The van der Waals surface area contributed by atoms with Crippen LogP contribution in [0.1, 0.15) is 0 Å². The summed E-state index contributed by atoms with van der Waals surface area (Å²) in [4.78, 5) is 42.5. The highest BCUT2D eigenvalue weighted by Gasteiger charge is 2.14. The Hall–Kier alpha value is -3.31. The summed E-state index contributed by atoms with van der Waals surface area (Å²) in [6, 6.07) is 0. The number of nitrogens with zero attached hydrogens (tertiary/aromatic N) is 5. The van der Waals surface area contributed by atoms with Gasteiger partial charge >= 0.3 is 5.69 Å². The topological polar surface area (TPSA) is 157 Å². The fourth-order valence-corrected chi connectivity index (χ4v) is 1.56. The molecule has 3 aromatic rings. The Balaban J connectivity index is 2.42. The van der Waals surface area contributed by atoms with Crippen molar-refractivity contribution >= 4 is 17.1 Å². The van der Waals surface area contributed by atoms with Crippen LogP contribution in [0, 0.1) is 5.82 Å². The molecule has 102 valence electrons. The zero-order valence-electron chi connectivity index (χ0n) is 9.49. The van der Waals surface area contributed by atoms with Crippen molar-refractivity contribution in [3.63, 3.8) is 0 Å². The van der Waals surface area contributed by atoms with E-state index in [-0.39, 0.29) is 17.1 Å². The van der Waals surface area contributed by atoms with E-state index in [2.05, 4.69) is 20.3 Å². The van der Waals surface area contributed by atoms with E-state index in [1.807, 2.05) is 0 Å². The van der Waals surface area contributed by atoms with Crippen LogP contribution >= 0.6 is 0 Å². The smallest absolute Gasteiger partial charge is 0.349 e. The first-order valence-electron chi connectivity index (χ1n) is 5.10. The first kappa shape index (κ1) is 11.8. The molecular weight excluding hydrogens is 275 g/mol. The van der Waals surface area contributed by atoms with E-state index in [1.54, 1.807) is 4.98 Å². The van der Waals surface area contributed by atoms with Crippen LogP contribution in [-0.2, 0) is 0 Å². The molecule has 0 aromatic carbocycles. The summed E-state index contributed by atoms with van der Waals surface area (Å²) in [5.74, 6) is -1.45. The highest BCUT2D eigenvalue weighted by molar-refractivity contribution is 5.69. The van der Waals surface area contributed by atoms with E-state index >= 15 is 0 Å². The van der Waals surface area contributed by atoms with Crippen LogP contribution in [0.2, 0.25) is 0 Å². The van der Waals surface area contributed by atoms with Crippen molar-refractivity contribution in [2.45, 2.75) is 0 Å².